The molecule has 1 saturated heterocycles. The standard InChI is InChI=1S/C13H16F2N2O2/c14-11-9(16)5-6-10(12(11)15)19-13(18)17-7-3-1-2-4-8-17/h5-6H,1-4,7-8,16H2. The number of carbonyl (C=O) groups excluding carboxylic acids is 1. The number of carbonyl (C=O) groups is 1. The molecule has 0 unspecified atom stereocenters. The smallest absolute Gasteiger partial charge is 0.407 e. The predicted molar refractivity (Wildman–Crippen MR) is 66.8 cm³/mol. The molecule has 1 fully saturated rings. The van der Waals surface area contributed by atoms with Crippen molar-refractivity contribution in [3.63, 3.8) is 0 Å². The maximum absolute atomic E-state index is 13.5. The highest BCUT2D eigenvalue weighted by Crippen LogP contribution is 2.24. The van der Waals surface area contributed by atoms with Crippen molar-refractivity contribution in [1.29, 1.82) is 0 Å². The summed E-state index contributed by atoms with van der Waals surface area (Å²) in [5.74, 6) is -2.86. The highest BCUT2D eigenvalue weighted by atomic mass is 19.2. The molecule has 2 N–H and O–H groups in total. The molecule has 0 bridgehead atoms. The van der Waals surface area contributed by atoms with Gasteiger partial charge in [0.25, 0.3) is 0 Å². The van der Waals surface area contributed by atoms with Crippen LogP contribution in [0.15, 0.2) is 12.1 Å². The van der Waals surface area contributed by atoms with Crippen molar-refractivity contribution < 1.29 is 18.3 Å². The zero-order chi connectivity index (χ0) is 13.8. The van der Waals surface area contributed by atoms with Crippen LogP contribution in [-0.2, 0) is 0 Å². The SMILES string of the molecule is Nc1ccc(OC(=O)N2CCCCCC2)c(F)c1F. The Morgan fingerprint density at radius 1 is 1.11 bits per heavy atom. The van der Waals surface area contributed by atoms with E-state index in [0.717, 1.165) is 31.7 Å². The van der Waals surface area contributed by atoms with Gasteiger partial charge in [-0.05, 0) is 25.0 Å². The third-order valence-electron chi connectivity index (χ3n) is 3.14. The molecule has 1 aromatic rings. The molecule has 0 aromatic heterocycles. The second kappa shape index (κ2) is 5.86. The van der Waals surface area contributed by atoms with Crippen LogP contribution in [0.5, 0.6) is 5.75 Å². The molecule has 0 atom stereocenters. The van der Waals surface area contributed by atoms with Gasteiger partial charge in [-0.2, -0.15) is 4.39 Å². The van der Waals surface area contributed by atoms with Crippen LogP contribution in [0.1, 0.15) is 25.7 Å². The lowest BCUT2D eigenvalue weighted by Gasteiger charge is -2.19. The number of benzene rings is 1. The first-order chi connectivity index (χ1) is 9.09. The largest absolute Gasteiger partial charge is 0.415 e. The highest BCUT2D eigenvalue weighted by Gasteiger charge is 2.20. The van der Waals surface area contributed by atoms with Crippen molar-refractivity contribution in [2.24, 2.45) is 0 Å². The Kier molecular flexibility index (Phi) is 4.19. The average molecular weight is 270 g/mol. The van der Waals surface area contributed by atoms with Crippen LogP contribution in [0, 0.1) is 11.6 Å². The van der Waals surface area contributed by atoms with E-state index in [1.165, 1.54) is 11.0 Å². The summed E-state index contributed by atoms with van der Waals surface area (Å²) >= 11 is 0. The summed E-state index contributed by atoms with van der Waals surface area (Å²) < 4.78 is 31.7. The topological polar surface area (TPSA) is 55.6 Å². The third-order valence-corrected chi connectivity index (χ3v) is 3.14. The number of halogens is 2. The second-order valence-corrected chi connectivity index (χ2v) is 4.55. The first-order valence-corrected chi connectivity index (χ1v) is 6.30. The van der Waals surface area contributed by atoms with E-state index in [4.69, 9.17) is 10.5 Å². The quantitative estimate of drug-likeness (QED) is 0.798. The number of nitrogen functional groups attached to an aromatic ring is 1. The van der Waals surface area contributed by atoms with Gasteiger partial charge in [0.05, 0.1) is 5.69 Å². The lowest BCUT2D eigenvalue weighted by molar-refractivity contribution is 0.152. The summed E-state index contributed by atoms with van der Waals surface area (Å²) in [6, 6.07) is 2.33. The molecule has 6 heteroatoms. The Bertz CT molecular complexity index is 472. The number of rotatable bonds is 1. The van der Waals surface area contributed by atoms with Crippen molar-refractivity contribution in [3.05, 3.63) is 23.8 Å². The minimum absolute atomic E-state index is 0.313. The van der Waals surface area contributed by atoms with E-state index >= 15 is 0 Å². The number of ether oxygens (including phenoxy) is 1. The summed E-state index contributed by atoms with van der Waals surface area (Å²) in [5.41, 5.74) is 4.91. The summed E-state index contributed by atoms with van der Waals surface area (Å²) in [7, 11) is 0. The molecule has 1 heterocycles. The van der Waals surface area contributed by atoms with Gasteiger partial charge in [0.2, 0.25) is 5.82 Å². The van der Waals surface area contributed by atoms with Gasteiger partial charge in [-0.1, -0.05) is 12.8 Å². The Balaban J connectivity index is 2.08. The number of amides is 1. The molecular formula is C13H16F2N2O2. The minimum atomic E-state index is -1.23. The Hall–Kier alpha value is -1.85. The van der Waals surface area contributed by atoms with Gasteiger partial charge < -0.3 is 15.4 Å². The summed E-state index contributed by atoms with van der Waals surface area (Å²) in [6.07, 6.45) is 3.27. The zero-order valence-electron chi connectivity index (χ0n) is 10.5. The van der Waals surface area contributed by atoms with Crippen LogP contribution in [0.4, 0.5) is 19.3 Å². The number of hydrogen-bond donors (Lipinski definition) is 1. The summed E-state index contributed by atoms with van der Waals surface area (Å²) in [5, 5.41) is 0. The summed E-state index contributed by atoms with van der Waals surface area (Å²) in [6.45, 7) is 1.16. The number of nitrogens with zero attached hydrogens (tertiary/aromatic N) is 1. The van der Waals surface area contributed by atoms with Crippen molar-refractivity contribution in [2.45, 2.75) is 25.7 Å². The van der Waals surface area contributed by atoms with Gasteiger partial charge in [0.1, 0.15) is 0 Å². The molecule has 1 aliphatic rings. The first-order valence-electron chi connectivity index (χ1n) is 6.30. The van der Waals surface area contributed by atoms with Crippen molar-refractivity contribution >= 4 is 11.8 Å². The van der Waals surface area contributed by atoms with E-state index in [-0.39, 0.29) is 5.69 Å². The lowest BCUT2D eigenvalue weighted by atomic mass is 10.2. The molecule has 104 valence electrons. The fraction of sp³-hybridized carbons (Fsp3) is 0.462. The lowest BCUT2D eigenvalue weighted by Crippen LogP contribution is -2.34. The van der Waals surface area contributed by atoms with Gasteiger partial charge in [-0.15, -0.1) is 0 Å². The zero-order valence-corrected chi connectivity index (χ0v) is 10.5. The molecule has 19 heavy (non-hydrogen) atoms. The summed E-state index contributed by atoms with van der Waals surface area (Å²) in [4.78, 5) is 13.4. The molecule has 1 aromatic carbocycles. The number of likely N-dealkylation sites (tertiary alicyclic amines) is 1. The Morgan fingerprint density at radius 3 is 2.37 bits per heavy atom. The predicted octanol–water partition coefficient (Wildman–Crippen LogP) is 2.92. The van der Waals surface area contributed by atoms with E-state index in [1.807, 2.05) is 0 Å². The molecule has 1 aliphatic heterocycles. The van der Waals surface area contributed by atoms with Crippen LogP contribution in [0.2, 0.25) is 0 Å². The molecule has 4 nitrogen and oxygen atoms in total. The van der Waals surface area contributed by atoms with Crippen LogP contribution < -0.4 is 10.5 Å². The molecule has 0 spiro atoms. The van der Waals surface area contributed by atoms with Crippen molar-refractivity contribution in [2.75, 3.05) is 18.8 Å². The molecular weight excluding hydrogens is 254 g/mol. The maximum Gasteiger partial charge on any atom is 0.415 e. The second-order valence-electron chi connectivity index (χ2n) is 4.55. The number of anilines is 1. The van der Waals surface area contributed by atoms with Crippen LogP contribution >= 0.6 is 0 Å². The highest BCUT2D eigenvalue weighted by molar-refractivity contribution is 5.71. The Labute approximate surface area is 110 Å². The van der Waals surface area contributed by atoms with Crippen LogP contribution in [0.25, 0.3) is 0 Å². The Morgan fingerprint density at radius 2 is 1.74 bits per heavy atom. The molecule has 0 saturated carbocycles. The molecule has 0 aliphatic carbocycles. The fourth-order valence-corrected chi connectivity index (χ4v) is 2.04. The van der Waals surface area contributed by atoms with Crippen LogP contribution in [-0.4, -0.2) is 24.1 Å². The van der Waals surface area contributed by atoms with Gasteiger partial charge >= 0.3 is 6.09 Å². The van der Waals surface area contributed by atoms with E-state index in [1.54, 1.807) is 0 Å². The molecule has 1 amide bonds. The average Bonchev–Trinajstić information content (AvgIpc) is 2.68. The molecule has 2 rings (SSSR count). The number of nitrogens with two attached hydrogens (primary N) is 1. The minimum Gasteiger partial charge on any atom is -0.407 e. The molecule has 0 radical (unpaired) electrons. The van der Waals surface area contributed by atoms with Crippen molar-refractivity contribution in [3.8, 4) is 5.75 Å². The van der Waals surface area contributed by atoms with Gasteiger partial charge in [-0.3, -0.25) is 0 Å². The van der Waals surface area contributed by atoms with Gasteiger partial charge in [0, 0.05) is 13.1 Å². The van der Waals surface area contributed by atoms with Gasteiger partial charge in [0.15, 0.2) is 11.6 Å². The fourth-order valence-electron chi connectivity index (χ4n) is 2.04. The third kappa shape index (κ3) is 3.13. The van der Waals surface area contributed by atoms with Crippen LogP contribution in [0.3, 0.4) is 0 Å². The van der Waals surface area contributed by atoms with E-state index in [0.29, 0.717) is 13.1 Å². The first kappa shape index (κ1) is 13.6. The van der Waals surface area contributed by atoms with E-state index in [9.17, 15) is 13.6 Å². The van der Waals surface area contributed by atoms with E-state index in [2.05, 4.69) is 0 Å². The van der Waals surface area contributed by atoms with E-state index < -0.39 is 23.5 Å². The monoisotopic (exact) mass is 270 g/mol. The maximum atomic E-state index is 13.5. The van der Waals surface area contributed by atoms with Crippen molar-refractivity contribution in [1.82, 2.24) is 4.90 Å². The number of hydrogen-bond acceptors (Lipinski definition) is 3. The normalized spacial score (nSPS) is 16.0. The van der Waals surface area contributed by atoms with Gasteiger partial charge in [-0.25, -0.2) is 9.18 Å².